The van der Waals surface area contributed by atoms with Gasteiger partial charge in [-0.3, -0.25) is 4.79 Å². The molecule has 0 bridgehead atoms. The highest BCUT2D eigenvalue weighted by Gasteiger charge is 2.21. The molecule has 0 N–H and O–H groups in total. The maximum atomic E-state index is 12.4. The molecule has 3 nitrogen and oxygen atoms in total. The summed E-state index contributed by atoms with van der Waals surface area (Å²) in [6, 6.07) is 10.3. The number of pyridine rings is 1. The summed E-state index contributed by atoms with van der Waals surface area (Å²) in [6.07, 6.45) is 2.37. The summed E-state index contributed by atoms with van der Waals surface area (Å²) in [5.74, 6) is 1.35. The lowest BCUT2D eigenvalue weighted by molar-refractivity contribution is -0.130. The number of hydrogen-bond acceptors (Lipinski definition) is 3. The summed E-state index contributed by atoms with van der Waals surface area (Å²) in [4.78, 5) is 19.1. The molecule has 0 saturated carbocycles. The van der Waals surface area contributed by atoms with E-state index in [9.17, 15) is 4.79 Å². The minimum atomic E-state index is 0.242. The van der Waals surface area contributed by atoms with E-state index in [-0.39, 0.29) is 5.91 Å². The van der Waals surface area contributed by atoms with Gasteiger partial charge in [-0.1, -0.05) is 36.9 Å². The van der Waals surface area contributed by atoms with Gasteiger partial charge in [0.1, 0.15) is 5.03 Å². The molecule has 1 aliphatic heterocycles. The van der Waals surface area contributed by atoms with E-state index in [0.717, 1.165) is 41.0 Å². The Balaban J connectivity index is 1.68. The van der Waals surface area contributed by atoms with E-state index in [1.807, 2.05) is 23.1 Å². The number of aryl methyl sites for hydroxylation is 1. The van der Waals surface area contributed by atoms with Crippen LogP contribution in [0.25, 0.3) is 10.9 Å². The van der Waals surface area contributed by atoms with Crippen LogP contribution < -0.4 is 0 Å². The van der Waals surface area contributed by atoms with Crippen LogP contribution in [-0.2, 0) is 4.79 Å². The van der Waals surface area contributed by atoms with Crippen LogP contribution in [0.15, 0.2) is 35.4 Å². The SMILES string of the molecule is Cc1cc2ccccc2nc1SCC(=O)N1CCC[C@@H](C)C1. The number of benzene rings is 1. The standard InChI is InChI=1S/C18H22N2OS/c1-13-6-5-9-20(11-13)17(21)12-22-18-14(2)10-15-7-3-4-8-16(15)19-18/h3-4,7-8,10,13H,5-6,9,11-12H2,1-2H3/t13-/m1/s1. The van der Waals surface area contributed by atoms with Gasteiger partial charge in [0.15, 0.2) is 0 Å². The first-order valence-corrected chi connectivity index (χ1v) is 8.89. The van der Waals surface area contributed by atoms with Gasteiger partial charge >= 0.3 is 0 Å². The van der Waals surface area contributed by atoms with Crippen LogP contribution >= 0.6 is 11.8 Å². The molecule has 1 fully saturated rings. The van der Waals surface area contributed by atoms with Crippen molar-refractivity contribution >= 4 is 28.6 Å². The molecule has 0 spiro atoms. The number of hydrogen-bond donors (Lipinski definition) is 0. The van der Waals surface area contributed by atoms with Crippen molar-refractivity contribution in [3.63, 3.8) is 0 Å². The Labute approximate surface area is 136 Å². The molecule has 4 heteroatoms. The van der Waals surface area contributed by atoms with Crippen LogP contribution in [0.2, 0.25) is 0 Å². The number of nitrogens with zero attached hydrogens (tertiary/aromatic N) is 2. The van der Waals surface area contributed by atoms with E-state index >= 15 is 0 Å². The number of piperidine rings is 1. The van der Waals surface area contributed by atoms with Crippen LogP contribution in [0.4, 0.5) is 0 Å². The molecule has 1 saturated heterocycles. The number of rotatable bonds is 3. The fourth-order valence-corrected chi connectivity index (χ4v) is 3.88. The highest BCUT2D eigenvalue weighted by molar-refractivity contribution is 7.99. The van der Waals surface area contributed by atoms with E-state index in [4.69, 9.17) is 4.98 Å². The van der Waals surface area contributed by atoms with Crippen molar-refractivity contribution in [3.05, 3.63) is 35.9 Å². The molecule has 1 aliphatic rings. The number of thioether (sulfide) groups is 1. The molecule has 0 aliphatic carbocycles. The number of carbonyl (C=O) groups is 1. The van der Waals surface area contributed by atoms with Crippen LogP contribution in [0.3, 0.4) is 0 Å². The van der Waals surface area contributed by atoms with Gasteiger partial charge in [0.25, 0.3) is 0 Å². The first kappa shape index (κ1) is 15.3. The summed E-state index contributed by atoms with van der Waals surface area (Å²) in [5, 5.41) is 2.12. The van der Waals surface area contributed by atoms with E-state index in [1.54, 1.807) is 11.8 Å². The van der Waals surface area contributed by atoms with Gasteiger partial charge in [-0.2, -0.15) is 0 Å². The van der Waals surface area contributed by atoms with Crippen molar-refractivity contribution in [3.8, 4) is 0 Å². The van der Waals surface area contributed by atoms with Crippen LogP contribution in [0.5, 0.6) is 0 Å². The Bertz CT molecular complexity index is 686. The van der Waals surface area contributed by atoms with Gasteiger partial charge < -0.3 is 4.90 Å². The zero-order chi connectivity index (χ0) is 15.5. The highest BCUT2D eigenvalue weighted by atomic mass is 32.2. The molecule has 1 amide bonds. The molecule has 0 unspecified atom stereocenters. The average Bonchev–Trinajstić information content (AvgIpc) is 2.52. The molecule has 2 aromatic rings. The lowest BCUT2D eigenvalue weighted by atomic mass is 10.0. The van der Waals surface area contributed by atoms with Gasteiger partial charge in [0, 0.05) is 18.5 Å². The number of para-hydroxylation sites is 1. The summed E-state index contributed by atoms with van der Waals surface area (Å²) < 4.78 is 0. The Hall–Kier alpha value is -1.55. The van der Waals surface area contributed by atoms with Crippen LogP contribution in [0.1, 0.15) is 25.3 Å². The van der Waals surface area contributed by atoms with Crippen LogP contribution in [-0.4, -0.2) is 34.6 Å². The van der Waals surface area contributed by atoms with Gasteiger partial charge in [-0.05, 0) is 43.4 Å². The molecule has 116 valence electrons. The quantitative estimate of drug-likeness (QED) is 0.806. The number of likely N-dealkylation sites (tertiary alicyclic amines) is 1. The minimum absolute atomic E-state index is 0.242. The number of fused-ring (bicyclic) bond motifs is 1. The lowest BCUT2D eigenvalue weighted by Gasteiger charge is -2.30. The fourth-order valence-electron chi connectivity index (χ4n) is 2.99. The lowest BCUT2D eigenvalue weighted by Crippen LogP contribution is -2.40. The molecule has 3 rings (SSSR count). The van der Waals surface area contributed by atoms with E-state index in [1.165, 1.54) is 6.42 Å². The van der Waals surface area contributed by atoms with Crippen LogP contribution in [0, 0.1) is 12.8 Å². The Morgan fingerprint density at radius 1 is 1.41 bits per heavy atom. The second-order valence-electron chi connectivity index (χ2n) is 6.18. The first-order chi connectivity index (χ1) is 10.6. The predicted octanol–water partition coefficient (Wildman–Crippen LogP) is 3.89. The highest BCUT2D eigenvalue weighted by Crippen LogP contribution is 2.25. The minimum Gasteiger partial charge on any atom is -0.342 e. The van der Waals surface area contributed by atoms with Crippen molar-refractivity contribution in [2.45, 2.75) is 31.7 Å². The monoisotopic (exact) mass is 314 g/mol. The zero-order valence-electron chi connectivity index (χ0n) is 13.2. The van der Waals surface area contributed by atoms with Gasteiger partial charge in [-0.25, -0.2) is 4.98 Å². The first-order valence-electron chi connectivity index (χ1n) is 7.90. The third-order valence-electron chi connectivity index (χ3n) is 4.21. The number of aromatic nitrogens is 1. The van der Waals surface area contributed by atoms with Crippen molar-refractivity contribution < 1.29 is 4.79 Å². The Kier molecular flexibility index (Phi) is 4.67. The number of carbonyl (C=O) groups excluding carboxylic acids is 1. The van der Waals surface area contributed by atoms with E-state index < -0.39 is 0 Å². The molecule has 1 aromatic heterocycles. The zero-order valence-corrected chi connectivity index (χ0v) is 14.0. The maximum absolute atomic E-state index is 12.4. The molecule has 1 aromatic carbocycles. The maximum Gasteiger partial charge on any atom is 0.232 e. The molecule has 1 atom stereocenters. The summed E-state index contributed by atoms with van der Waals surface area (Å²) in [6.45, 7) is 6.11. The largest absolute Gasteiger partial charge is 0.342 e. The van der Waals surface area contributed by atoms with Gasteiger partial charge in [0.05, 0.1) is 11.3 Å². The van der Waals surface area contributed by atoms with Gasteiger partial charge in [0.2, 0.25) is 5.91 Å². The summed E-state index contributed by atoms with van der Waals surface area (Å²) in [7, 11) is 0. The second-order valence-corrected chi connectivity index (χ2v) is 7.14. The van der Waals surface area contributed by atoms with Crippen molar-refractivity contribution in [1.29, 1.82) is 0 Å². The predicted molar refractivity (Wildman–Crippen MR) is 92.2 cm³/mol. The normalized spacial score (nSPS) is 18.6. The average molecular weight is 314 g/mol. The van der Waals surface area contributed by atoms with E-state index in [0.29, 0.717) is 11.7 Å². The summed E-state index contributed by atoms with van der Waals surface area (Å²) >= 11 is 1.56. The third kappa shape index (κ3) is 3.43. The Morgan fingerprint density at radius 2 is 2.23 bits per heavy atom. The smallest absolute Gasteiger partial charge is 0.232 e. The topological polar surface area (TPSA) is 33.2 Å². The van der Waals surface area contributed by atoms with Crippen molar-refractivity contribution in [2.75, 3.05) is 18.8 Å². The molecular weight excluding hydrogens is 292 g/mol. The molecule has 0 radical (unpaired) electrons. The third-order valence-corrected chi connectivity index (χ3v) is 5.29. The van der Waals surface area contributed by atoms with E-state index in [2.05, 4.69) is 26.0 Å². The van der Waals surface area contributed by atoms with Crippen molar-refractivity contribution in [1.82, 2.24) is 9.88 Å². The van der Waals surface area contributed by atoms with Crippen molar-refractivity contribution in [2.24, 2.45) is 5.92 Å². The number of amides is 1. The Morgan fingerprint density at radius 3 is 3.05 bits per heavy atom. The fraction of sp³-hybridized carbons (Fsp3) is 0.444. The molecular formula is C18H22N2OS. The molecule has 22 heavy (non-hydrogen) atoms. The second kappa shape index (κ2) is 6.69. The summed E-state index contributed by atoms with van der Waals surface area (Å²) in [5.41, 5.74) is 2.14. The molecule has 2 heterocycles. The van der Waals surface area contributed by atoms with Gasteiger partial charge in [-0.15, -0.1) is 0 Å².